The lowest BCUT2D eigenvalue weighted by Gasteiger charge is -2.18. The molecule has 0 unspecified atom stereocenters. The molecular weight excluding hydrogens is 330 g/mol. The summed E-state index contributed by atoms with van der Waals surface area (Å²) in [5.41, 5.74) is 2.27. The van der Waals surface area contributed by atoms with E-state index in [0.717, 1.165) is 30.7 Å². The van der Waals surface area contributed by atoms with Gasteiger partial charge in [-0.15, -0.1) is 0 Å². The number of carbonyl (C=O) groups excluding carboxylic acids is 2. The van der Waals surface area contributed by atoms with Crippen molar-refractivity contribution in [3.63, 3.8) is 0 Å². The molecule has 0 saturated carbocycles. The van der Waals surface area contributed by atoms with E-state index in [9.17, 15) is 9.59 Å². The van der Waals surface area contributed by atoms with Crippen molar-refractivity contribution in [3.05, 3.63) is 35.9 Å². The number of hydrogen-bond donors (Lipinski definition) is 2. The third kappa shape index (κ3) is 4.77. The summed E-state index contributed by atoms with van der Waals surface area (Å²) in [5, 5.41) is 5.82. The van der Waals surface area contributed by atoms with Crippen LogP contribution in [0.5, 0.6) is 5.75 Å². The summed E-state index contributed by atoms with van der Waals surface area (Å²) in [6.07, 6.45) is 8.37. The van der Waals surface area contributed by atoms with Crippen LogP contribution >= 0.6 is 0 Å². The minimum Gasteiger partial charge on any atom is -0.497 e. The average Bonchev–Trinajstić information content (AvgIpc) is 3.02. The predicted molar refractivity (Wildman–Crippen MR) is 101 cm³/mol. The molecule has 6 heteroatoms. The van der Waals surface area contributed by atoms with E-state index in [4.69, 9.17) is 4.74 Å². The van der Waals surface area contributed by atoms with E-state index in [1.54, 1.807) is 12.0 Å². The van der Waals surface area contributed by atoms with E-state index in [-0.39, 0.29) is 18.0 Å². The molecule has 0 radical (unpaired) electrons. The summed E-state index contributed by atoms with van der Waals surface area (Å²) in [6, 6.07) is 7.01. The van der Waals surface area contributed by atoms with Gasteiger partial charge in [-0.2, -0.15) is 0 Å². The molecule has 0 bridgehead atoms. The second kappa shape index (κ2) is 8.74. The zero-order chi connectivity index (χ0) is 18.4. The molecule has 26 heavy (non-hydrogen) atoms. The second-order valence-corrected chi connectivity index (χ2v) is 6.86. The molecule has 1 aliphatic heterocycles. The van der Waals surface area contributed by atoms with Crippen LogP contribution in [-0.4, -0.2) is 38.2 Å². The van der Waals surface area contributed by atoms with Crippen LogP contribution in [0.25, 0.3) is 0 Å². The smallest absolute Gasteiger partial charge is 0.315 e. The minimum absolute atomic E-state index is 0.0211. The minimum atomic E-state index is -0.198. The number of nitrogens with one attached hydrogen (secondary N) is 2. The monoisotopic (exact) mass is 357 g/mol. The number of carbonyl (C=O) groups is 2. The van der Waals surface area contributed by atoms with E-state index in [1.165, 1.54) is 18.4 Å². The highest BCUT2D eigenvalue weighted by atomic mass is 16.5. The summed E-state index contributed by atoms with van der Waals surface area (Å²) in [6.45, 7) is 1.13. The Kier molecular flexibility index (Phi) is 6.15. The van der Waals surface area contributed by atoms with Crippen molar-refractivity contribution in [2.24, 2.45) is 0 Å². The molecular formula is C20H27N3O3. The van der Waals surface area contributed by atoms with Gasteiger partial charge < -0.3 is 20.3 Å². The zero-order valence-corrected chi connectivity index (χ0v) is 15.3. The van der Waals surface area contributed by atoms with Gasteiger partial charge in [0.2, 0.25) is 5.91 Å². The van der Waals surface area contributed by atoms with Gasteiger partial charge in [0.05, 0.1) is 13.2 Å². The highest BCUT2D eigenvalue weighted by Gasteiger charge is 2.31. The number of methoxy groups -OCH3 is 1. The maximum atomic E-state index is 12.3. The topological polar surface area (TPSA) is 70.7 Å². The van der Waals surface area contributed by atoms with Gasteiger partial charge in [-0.05, 0) is 56.4 Å². The van der Waals surface area contributed by atoms with E-state index in [1.807, 2.05) is 24.3 Å². The van der Waals surface area contributed by atoms with E-state index >= 15 is 0 Å². The SMILES string of the molecule is COc1ccc(N2C[C@H](NC(=O)NCCC3=CCCCC3)CC2=O)cc1. The lowest BCUT2D eigenvalue weighted by atomic mass is 9.97. The van der Waals surface area contributed by atoms with Gasteiger partial charge in [-0.25, -0.2) is 4.79 Å². The summed E-state index contributed by atoms with van der Waals surface area (Å²) in [7, 11) is 1.61. The molecule has 1 aromatic rings. The fourth-order valence-electron chi connectivity index (χ4n) is 3.52. The molecule has 1 atom stereocenters. The van der Waals surface area contributed by atoms with Gasteiger partial charge in [-0.1, -0.05) is 11.6 Å². The van der Waals surface area contributed by atoms with Crippen LogP contribution < -0.4 is 20.3 Å². The third-order valence-corrected chi connectivity index (χ3v) is 4.96. The number of urea groups is 1. The number of ether oxygens (including phenoxy) is 1. The molecule has 1 heterocycles. The van der Waals surface area contributed by atoms with Crippen molar-refractivity contribution in [2.75, 3.05) is 25.1 Å². The molecule has 6 nitrogen and oxygen atoms in total. The van der Waals surface area contributed by atoms with Gasteiger partial charge in [0.25, 0.3) is 0 Å². The van der Waals surface area contributed by atoms with Gasteiger partial charge >= 0.3 is 6.03 Å². The van der Waals surface area contributed by atoms with Crippen molar-refractivity contribution in [2.45, 2.75) is 44.6 Å². The van der Waals surface area contributed by atoms with Crippen molar-refractivity contribution in [1.29, 1.82) is 0 Å². The fraction of sp³-hybridized carbons (Fsp3) is 0.500. The molecule has 3 rings (SSSR count). The standard InChI is InChI=1S/C20H27N3O3/c1-26-18-9-7-17(8-10-18)23-14-16(13-19(23)24)22-20(25)21-12-11-15-5-3-2-4-6-15/h5,7-10,16H,2-4,6,11-14H2,1H3,(H2,21,22,25)/t16-/m1/s1. The molecule has 0 aromatic heterocycles. The quantitative estimate of drug-likeness (QED) is 0.769. The summed E-state index contributed by atoms with van der Waals surface area (Å²) in [5.74, 6) is 0.773. The molecule has 1 aliphatic carbocycles. The zero-order valence-electron chi connectivity index (χ0n) is 15.3. The molecule has 1 aromatic carbocycles. The summed E-state index contributed by atoms with van der Waals surface area (Å²) in [4.78, 5) is 26.0. The number of nitrogens with zero attached hydrogens (tertiary/aromatic N) is 1. The van der Waals surface area contributed by atoms with Gasteiger partial charge in [0.15, 0.2) is 0 Å². The molecule has 140 valence electrons. The number of allylic oxidation sites excluding steroid dienone is 1. The number of benzene rings is 1. The van der Waals surface area contributed by atoms with Crippen LogP contribution in [0.1, 0.15) is 38.5 Å². The van der Waals surface area contributed by atoms with Crippen LogP contribution in [0, 0.1) is 0 Å². The van der Waals surface area contributed by atoms with Gasteiger partial charge in [-0.3, -0.25) is 4.79 Å². The van der Waals surface area contributed by atoms with Crippen LogP contribution in [-0.2, 0) is 4.79 Å². The van der Waals surface area contributed by atoms with Crippen LogP contribution in [0.3, 0.4) is 0 Å². The van der Waals surface area contributed by atoms with Crippen molar-refractivity contribution < 1.29 is 14.3 Å². The van der Waals surface area contributed by atoms with Gasteiger partial charge in [0.1, 0.15) is 5.75 Å². The predicted octanol–water partition coefficient (Wildman–Crippen LogP) is 2.99. The van der Waals surface area contributed by atoms with Crippen molar-refractivity contribution in [3.8, 4) is 5.75 Å². The first kappa shape index (κ1) is 18.3. The lowest BCUT2D eigenvalue weighted by molar-refractivity contribution is -0.117. The Morgan fingerprint density at radius 2 is 2.08 bits per heavy atom. The number of amides is 3. The Balaban J connectivity index is 1.44. The lowest BCUT2D eigenvalue weighted by Crippen LogP contribution is -2.43. The Morgan fingerprint density at radius 3 is 2.77 bits per heavy atom. The first-order chi connectivity index (χ1) is 12.7. The maximum Gasteiger partial charge on any atom is 0.315 e. The maximum absolute atomic E-state index is 12.3. The molecule has 0 spiro atoms. The molecule has 2 aliphatic rings. The molecule has 1 saturated heterocycles. The van der Waals surface area contributed by atoms with E-state index in [2.05, 4.69) is 16.7 Å². The average molecular weight is 357 g/mol. The number of hydrogen-bond acceptors (Lipinski definition) is 3. The largest absolute Gasteiger partial charge is 0.497 e. The number of rotatable bonds is 6. The Labute approximate surface area is 154 Å². The Hall–Kier alpha value is -2.50. The van der Waals surface area contributed by atoms with Crippen molar-refractivity contribution >= 4 is 17.6 Å². The van der Waals surface area contributed by atoms with Crippen LogP contribution in [0.4, 0.5) is 10.5 Å². The second-order valence-electron chi connectivity index (χ2n) is 6.86. The fourth-order valence-corrected chi connectivity index (χ4v) is 3.52. The first-order valence-electron chi connectivity index (χ1n) is 9.32. The summed E-state index contributed by atoms with van der Waals surface area (Å²) < 4.78 is 5.14. The summed E-state index contributed by atoms with van der Waals surface area (Å²) >= 11 is 0. The number of anilines is 1. The van der Waals surface area contributed by atoms with Crippen LogP contribution in [0.2, 0.25) is 0 Å². The molecule has 3 amide bonds. The normalized spacial score (nSPS) is 19.9. The van der Waals surface area contributed by atoms with Gasteiger partial charge in [0, 0.05) is 25.2 Å². The Bertz CT molecular complexity index is 669. The molecule has 1 fully saturated rings. The van der Waals surface area contributed by atoms with E-state index in [0.29, 0.717) is 19.5 Å². The Morgan fingerprint density at radius 1 is 1.27 bits per heavy atom. The highest BCUT2D eigenvalue weighted by Crippen LogP contribution is 2.24. The van der Waals surface area contributed by atoms with Crippen molar-refractivity contribution in [1.82, 2.24) is 10.6 Å². The third-order valence-electron chi connectivity index (χ3n) is 4.96. The van der Waals surface area contributed by atoms with E-state index < -0.39 is 0 Å². The highest BCUT2D eigenvalue weighted by molar-refractivity contribution is 5.96. The van der Waals surface area contributed by atoms with Crippen LogP contribution in [0.15, 0.2) is 35.9 Å². The first-order valence-corrected chi connectivity index (χ1v) is 9.32. The molecule has 2 N–H and O–H groups in total.